The summed E-state index contributed by atoms with van der Waals surface area (Å²) in [5, 5.41) is 0. The molecule has 2 atom stereocenters. The van der Waals surface area contributed by atoms with Crippen molar-refractivity contribution in [3.8, 4) is 0 Å². The average Bonchev–Trinajstić information content (AvgIpc) is 3.20. The van der Waals surface area contributed by atoms with Crippen LogP contribution in [0, 0.1) is 13.8 Å². The summed E-state index contributed by atoms with van der Waals surface area (Å²) in [6.45, 7) is 5.34. The van der Waals surface area contributed by atoms with Crippen LogP contribution in [0.2, 0.25) is 0 Å². The highest BCUT2D eigenvalue weighted by Gasteiger charge is 2.36. The van der Waals surface area contributed by atoms with Crippen LogP contribution in [0.4, 0.5) is 0 Å². The molecule has 26 heavy (non-hydrogen) atoms. The fourth-order valence-corrected chi connectivity index (χ4v) is 6.29. The molecule has 0 aliphatic carbocycles. The van der Waals surface area contributed by atoms with E-state index in [4.69, 9.17) is 4.74 Å². The second-order valence-electron chi connectivity index (χ2n) is 7.30. The molecular formula is C19H27NO4S2. The van der Waals surface area contributed by atoms with E-state index < -0.39 is 9.84 Å². The molecule has 0 radical (unpaired) electrons. The SMILES string of the molecule is Cc1ccc(SCC(=O)N(C[C@@H]2CCCO2)[C@H]2CCS(=O)(=O)C2)c(C)c1. The van der Waals surface area contributed by atoms with Crippen molar-refractivity contribution < 1.29 is 17.9 Å². The minimum Gasteiger partial charge on any atom is -0.376 e. The van der Waals surface area contributed by atoms with Crippen LogP contribution in [-0.2, 0) is 19.4 Å². The van der Waals surface area contributed by atoms with Crippen molar-refractivity contribution in [2.75, 3.05) is 30.4 Å². The quantitative estimate of drug-likeness (QED) is 0.691. The zero-order valence-electron chi connectivity index (χ0n) is 15.4. The fraction of sp³-hybridized carbons (Fsp3) is 0.632. The zero-order chi connectivity index (χ0) is 18.7. The maximum atomic E-state index is 12.9. The first-order valence-corrected chi connectivity index (χ1v) is 12.0. The van der Waals surface area contributed by atoms with Gasteiger partial charge in [-0.15, -0.1) is 11.8 Å². The molecule has 1 aromatic carbocycles. The van der Waals surface area contributed by atoms with Crippen molar-refractivity contribution in [3.05, 3.63) is 29.3 Å². The van der Waals surface area contributed by atoms with Gasteiger partial charge in [0.05, 0.1) is 23.4 Å². The Kier molecular flexibility index (Phi) is 6.30. The number of hydrogen-bond acceptors (Lipinski definition) is 5. The maximum Gasteiger partial charge on any atom is 0.233 e. The molecule has 0 unspecified atom stereocenters. The largest absolute Gasteiger partial charge is 0.376 e. The van der Waals surface area contributed by atoms with E-state index in [2.05, 4.69) is 13.0 Å². The number of carbonyl (C=O) groups excluding carboxylic acids is 1. The van der Waals surface area contributed by atoms with Crippen molar-refractivity contribution in [3.63, 3.8) is 0 Å². The Morgan fingerprint density at radius 2 is 2.12 bits per heavy atom. The molecule has 2 aliphatic heterocycles. The molecule has 0 aromatic heterocycles. The lowest BCUT2D eigenvalue weighted by Gasteiger charge is -2.30. The van der Waals surface area contributed by atoms with E-state index in [9.17, 15) is 13.2 Å². The second kappa shape index (κ2) is 8.31. The van der Waals surface area contributed by atoms with Gasteiger partial charge in [0.25, 0.3) is 0 Å². The Morgan fingerprint density at radius 1 is 1.31 bits per heavy atom. The molecule has 0 N–H and O–H groups in total. The fourth-order valence-electron chi connectivity index (χ4n) is 3.67. The summed E-state index contributed by atoms with van der Waals surface area (Å²) < 4.78 is 29.5. The number of carbonyl (C=O) groups is 1. The van der Waals surface area contributed by atoms with E-state index in [1.54, 1.807) is 4.90 Å². The highest BCUT2D eigenvalue weighted by molar-refractivity contribution is 8.00. The lowest BCUT2D eigenvalue weighted by Crippen LogP contribution is -2.46. The van der Waals surface area contributed by atoms with Crippen LogP contribution in [0.1, 0.15) is 30.4 Å². The van der Waals surface area contributed by atoms with Crippen LogP contribution < -0.4 is 0 Å². The zero-order valence-corrected chi connectivity index (χ0v) is 17.1. The number of ether oxygens (including phenoxy) is 1. The Bertz CT molecular complexity index is 757. The normalized spacial score (nSPS) is 24.7. The number of benzene rings is 1. The van der Waals surface area contributed by atoms with Crippen LogP contribution in [0.5, 0.6) is 0 Å². The molecule has 1 aromatic rings. The van der Waals surface area contributed by atoms with Gasteiger partial charge < -0.3 is 9.64 Å². The molecule has 2 saturated heterocycles. The van der Waals surface area contributed by atoms with Gasteiger partial charge in [0.1, 0.15) is 0 Å². The highest BCUT2D eigenvalue weighted by Crippen LogP contribution is 2.26. The number of thioether (sulfide) groups is 1. The molecule has 1 amide bonds. The molecule has 144 valence electrons. The first-order chi connectivity index (χ1) is 12.3. The van der Waals surface area contributed by atoms with Crippen molar-refractivity contribution in [1.29, 1.82) is 0 Å². The summed E-state index contributed by atoms with van der Waals surface area (Å²) in [6, 6.07) is 6.00. The van der Waals surface area contributed by atoms with Crippen molar-refractivity contribution >= 4 is 27.5 Å². The third kappa shape index (κ3) is 5.02. The van der Waals surface area contributed by atoms with E-state index in [1.807, 2.05) is 19.1 Å². The number of hydrogen-bond donors (Lipinski definition) is 0. The summed E-state index contributed by atoms with van der Waals surface area (Å²) >= 11 is 1.53. The summed E-state index contributed by atoms with van der Waals surface area (Å²) in [4.78, 5) is 15.8. The lowest BCUT2D eigenvalue weighted by molar-refractivity contribution is -0.131. The first kappa shape index (κ1) is 19.7. The van der Waals surface area contributed by atoms with E-state index in [1.165, 1.54) is 17.3 Å². The molecule has 0 spiro atoms. The average molecular weight is 398 g/mol. The smallest absolute Gasteiger partial charge is 0.233 e. The van der Waals surface area contributed by atoms with Gasteiger partial charge in [0.2, 0.25) is 5.91 Å². The third-order valence-corrected chi connectivity index (χ3v) is 7.99. The Hall–Kier alpha value is -1.05. The van der Waals surface area contributed by atoms with Crippen molar-refractivity contribution in [2.45, 2.75) is 50.2 Å². The van der Waals surface area contributed by atoms with Gasteiger partial charge in [-0.05, 0) is 44.7 Å². The summed E-state index contributed by atoms with van der Waals surface area (Å²) in [5.41, 5.74) is 2.37. The van der Waals surface area contributed by atoms with Gasteiger partial charge in [0.15, 0.2) is 9.84 Å². The van der Waals surface area contributed by atoms with Gasteiger partial charge in [-0.2, -0.15) is 0 Å². The van der Waals surface area contributed by atoms with Crippen molar-refractivity contribution in [1.82, 2.24) is 4.90 Å². The molecule has 2 aliphatic rings. The summed E-state index contributed by atoms with van der Waals surface area (Å²) in [6.07, 6.45) is 2.52. The predicted molar refractivity (Wildman–Crippen MR) is 104 cm³/mol. The van der Waals surface area contributed by atoms with Crippen LogP contribution in [0.15, 0.2) is 23.1 Å². The molecule has 0 bridgehead atoms. The van der Waals surface area contributed by atoms with E-state index in [-0.39, 0.29) is 29.6 Å². The van der Waals surface area contributed by atoms with E-state index in [0.717, 1.165) is 29.9 Å². The first-order valence-electron chi connectivity index (χ1n) is 9.15. The molecule has 2 fully saturated rings. The lowest BCUT2D eigenvalue weighted by atomic mass is 10.1. The Balaban J connectivity index is 1.67. The maximum absolute atomic E-state index is 12.9. The van der Waals surface area contributed by atoms with Gasteiger partial charge in [-0.3, -0.25) is 4.79 Å². The molecule has 2 heterocycles. The van der Waals surface area contributed by atoms with E-state index in [0.29, 0.717) is 18.7 Å². The van der Waals surface area contributed by atoms with Crippen LogP contribution in [0.3, 0.4) is 0 Å². The second-order valence-corrected chi connectivity index (χ2v) is 10.5. The topological polar surface area (TPSA) is 63.7 Å². The van der Waals surface area contributed by atoms with Crippen molar-refractivity contribution in [2.24, 2.45) is 0 Å². The van der Waals surface area contributed by atoms with Gasteiger partial charge in [0, 0.05) is 24.1 Å². The van der Waals surface area contributed by atoms with E-state index >= 15 is 0 Å². The van der Waals surface area contributed by atoms with Gasteiger partial charge in [-0.25, -0.2) is 8.42 Å². The van der Waals surface area contributed by atoms with Crippen LogP contribution in [0.25, 0.3) is 0 Å². The Labute approximate surface area is 160 Å². The molecule has 5 nitrogen and oxygen atoms in total. The summed E-state index contributed by atoms with van der Waals surface area (Å²) in [5.74, 6) is 0.594. The van der Waals surface area contributed by atoms with Gasteiger partial charge >= 0.3 is 0 Å². The van der Waals surface area contributed by atoms with Crippen LogP contribution >= 0.6 is 11.8 Å². The number of rotatable bonds is 6. The number of aryl methyl sites for hydroxylation is 2. The number of amides is 1. The minimum atomic E-state index is -3.03. The molecule has 7 heteroatoms. The molecule has 3 rings (SSSR count). The Morgan fingerprint density at radius 3 is 2.73 bits per heavy atom. The predicted octanol–water partition coefficient (Wildman–Crippen LogP) is 2.59. The summed E-state index contributed by atoms with van der Waals surface area (Å²) in [7, 11) is -3.03. The standard InChI is InChI=1S/C19H27NO4S2/c1-14-5-6-18(15(2)10-14)25-12-19(21)20(11-17-4-3-8-24-17)16-7-9-26(22,23)13-16/h5-6,10,16-17H,3-4,7-9,11-13H2,1-2H3/t16-,17-/m0/s1. The van der Waals surface area contributed by atoms with Crippen LogP contribution in [-0.4, -0.2) is 61.8 Å². The third-order valence-electron chi connectivity index (χ3n) is 5.08. The number of sulfone groups is 1. The molecule has 0 saturated carbocycles. The minimum absolute atomic E-state index is 0.00701. The number of nitrogens with zero attached hydrogens (tertiary/aromatic N) is 1. The highest BCUT2D eigenvalue weighted by atomic mass is 32.2. The molecular weight excluding hydrogens is 370 g/mol. The monoisotopic (exact) mass is 397 g/mol. The van der Waals surface area contributed by atoms with Gasteiger partial charge in [-0.1, -0.05) is 17.7 Å².